The van der Waals surface area contributed by atoms with Crippen LogP contribution in [-0.4, -0.2) is 73.3 Å². The molecule has 0 radical (unpaired) electrons. The number of likely N-dealkylation sites (N-methyl/N-ethyl adjacent to an activating group) is 1. The molecule has 0 unspecified atom stereocenters. The smallest absolute Gasteiger partial charge is 0.341 e. The summed E-state index contributed by atoms with van der Waals surface area (Å²) in [6.45, 7) is -2.31. The summed E-state index contributed by atoms with van der Waals surface area (Å²) in [5, 5.41) is 11.6. The van der Waals surface area contributed by atoms with E-state index in [0.717, 1.165) is 24.4 Å². The van der Waals surface area contributed by atoms with Crippen molar-refractivity contribution >= 4 is 39.1 Å². The third-order valence-corrected chi connectivity index (χ3v) is 5.58. The Hall–Kier alpha value is -3.42. The molecule has 0 atom stereocenters. The first-order valence-electron chi connectivity index (χ1n) is 9.78. The van der Waals surface area contributed by atoms with E-state index < -0.39 is 50.9 Å². The van der Waals surface area contributed by atoms with Crippen molar-refractivity contribution in [1.82, 2.24) is 25.4 Å². The minimum atomic E-state index is -5.09. The second-order valence-electron chi connectivity index (χ2n) is 6.06. The summed E-state index contributed by atoms with van der Waals surface area (Å²) in [6, 6.07) is 2.70. The van der Waals surface area contributed by atoms with Gasteiger partial charge < -0.3 is 15.5 Å². The van der Waals surface area contributed by atoms with Crippen molar-refractivity contribution in [2.24, 2.45) is 0 Å². The van der Waals surface area contributed by atoms with Crippen molar-refractivity contribution in [3.8, 4) is 0 Å². The molecule has 0 bridgehead atoms. The van der Waals surface area contributed by atoms with Crippen molar-refractivity contribution in [1.29, 1.82) is 0 Å². The summed E-state index contributed by atoms with van der Waals surface area (Å²) >= 11 is 0. The van der Waals surface area contributed by atoms with Crippen LogP contribution in [0.2, 0.25) is 0 Å². The zero-order chi connectivity index (χ0) is 24.6. The average Bonchev–Trinajstić information content (AvgIpc) is 3.05. The maximum Gasteiger partial charge on any atom is 0.341 e. The molecule has 2 aromatic heterocycles. The maximum absolute atomic E-state index is 13.1. The monoisotopic (exact) mass is 444 g/mol. The normalized spacial score (nSPS) is 16.3. The van der Waals surface area contributed by atoms with Crippen LogP contribution in [0.3, 0.4) is 0 Å². The van der Waals surface area contributed by atoms with Gasteiger partial charge in [-0.25, -0.2) is 18.2 Å². The van der Waals surface area contributed by atoms with Crippen LogP contribution in [0.15, 0.2) is 29.3 Å². The number of nitrogens with zero attached hydrogens (tertiary/aromatic N) is 5. The SMILES string of the molecule is [2H]C([2H])([2H])NC(=O)c1nnc(N2CCN(C)C2=O)cc1Nc1ncccc1S(=O)(=O)C(F)F. The fourth-order valence-electron chi connectivity index (χ4n) is 2.63. The summed E-state index contributed by atoms with van der Waals surface area (Å²) in [5.41, 5.74) is -0.908. The van der Waals surface area contributed by atoms with Crippen LogP contribution in [-0.2, 0) is 9.84 Å². The Morgan fingerprint density at radius 2 is 2.10 bits per heavy atom. The molecule has 14 heteroatoms. The molecule has 160 valence electrons. The van der Waals surface area contributed by atoms with Crippen LogP contribution in [0.4, 0.5) is 30.9 Å². The van der Waals surface area contributed by atoms with E-state index in [9.17, 15) is 26.8 Å². The lowest BCUT2D eigenvalue weighted by Crippen LogP contribution is -2.30. The molecule has 0 aliphatic carbocycles. The molecule has 1 aliphatic rings. The van der Waals surface area contributed by atoms with Crippen LogP contribution < -0.4 is 15.5 Å². The van der Waals surface area contributed by atoms with E-state index in [1.165, 1.54) is 9.80 Å². The molecule has 2 N–H and O–H groups in total. The highest BCUT2D eigenvalue weighted by Gasteiger charge is 2.32. The van der Waals surface area contributed by atoms with Gasteiger partial charge in [0.25, 0.3) is 5.91 Å². The van der Waals surface area contributed by atoms with Gasteiger partial charge in [0.15, 0.2) is 11.5 Å². The molecule has 0 aromatic carbocycles. The van der Waals surface area contributed by atoms with E-state index in [0.29, 0.717) is 6.54 Å². The number of rotatable bonds is 6. The quantitative estimate of drug-likeness (QED) is 0.669. The molecule has 3 rings (SSSR count). The molecule has 1 fully saturated rings. The molecule has 30 heavy (non-hydrogen) atoms. The number of aromatic nitrogens is 3. The largest absolute Gasteiger partial charge is 0.354 e. The highest BCUT2D eigenvalue weighted by molar-refractivity contribution is 7.91. The second-order valence-corrected chi connectivity index (χ2v) is 7.94. The van der Waals surface area contributed by atoms with Crippen LogP contribution in [0, 0.1) is 0 Å². The van der Waals surface area contributed by atoms with Gasteiger partial charge in [0.05, 0.1) is 5.69 Å². The van der Waals surface area contributed by atoms with Gasteiger partial charge >= 0.3 is 11.8 Å². The summed E-state index contributed by atoms with van der Waals surface area (Å²) in [5.74, 6) is -5.57. The van der Waals surface area contributed by atoms with Crippen molar-refractivity contribution in [3.63, 3.8) is 0 Å². The van der Waals surface area contributed by atoms with Gasteiger partial charge in [-0.2, -0.15) is 8.78 Å². The summed E-state index contributed by atoms with van der Waals surface area (Å²) in [7, 11) is -3.54. The first-order chi connectivity index (χ1) is 15.3. The van der Waals surface area contributed by atoms with Crippen molar-refractivity contribution in [2.75, 3.05) is 37.3 Å². The fraction of sp³-hybridized carbons (Fsp3) is 0.312. The Morgan fingerprint density at radius 1 is 1.33 bits per heavy atom. The number of sulfone groups is 1. The lowest BCUT2D eigenvalue weighted by molar-refractivity contribution is 0.0958. The average molecular weight is 444 g/mol. The van der Waals surface area contributed by atoms with Crippen LogP contribution in [0.5, 0.6) is 0 Å². The number of carbonyl (C=O) groups excluding carboxylic acids is 2. The number of anilines is 3. The lowest BCUT2D eigenvalue weighted by Gasteiger charge is -2.17. The number of halogens is 2. The maximum atomic E-state index is 13.1. The molecule has 0 spiro atoms. The first-order valence-corrected chi connectivity index (χ1v) is 9.83. The first kappa shape index (κ1) is 17.4. The van der Waals surface area contributed by atoms with E-state index in [-0.39, 0.29) is 18.1 Å². The molecule has 2 aromatic rings. The topological polar surface area (TPSA) is 137 Å². The summed E-state index contributed by atoms with van der Waals surface area (Å²) in [6.07, 6.45) is 1.11. The number of pyridine rings is 1. The van der Waals surface area contributed by atoms with Gasteiger partial charge in [0, 0.05) is 43.5 Å². The van der Waals surface area contributed by atoms with Gasteiger partial charge in [0.2, 0.25) is 9.84 Å². The highest BCUT2D eigenvalue weighted by atomic mass is 32.2. The Kier molecular flexibility index (Phi) is 4.73. The van der Waals surface area contributed by atoms with Gasteiger partial charge in [0.1, 0.15) is 10.7 Å². The Balaban J connectivity index is 2.10. The number of amides is 3. The molecule has 3 amide bonds. The van der Waals surface area contributed by atoms with E-state index in [1.807, 2.05) is 0 Å². The molecule has 3 heterocycles. The number of hydrogen-bond acceptors (Lipinski definition) is 8. The van der Waals surface area contributed by atoms with E-state index in [2.05, 4.69) is 20.5 Å². The van der Waals surface area contributed by atoms with Crippen molar-refractivity contribution in [2.45, 2.75) is 10.7 Å². The number of alkyl halides is 2. The van der Waals surface area contributed by atoms with Crippen molar-refractivity contribution < 1.29 is 30.9 Å². The number of hydrogen-bond donors (Lipinski definition) is 2. The Bertz CT molecular complexity index is 1200. The summed E-state index contributed by atoms with van der Waals surface area (Å²) < 4.78 is 71.9. The minimum absolute atomic E-state index is 0.0496. The van der Waals surface area contributed by atoms with Crippen LogP contribution in [0.25, 0.3) is 0 Å². The van der Waals surface area contributed by atoms with Gasteiger partial charge in [-0.1, -0.05) is 0 Å². The molecule has 0 saturated carbocycles. The van der Waals surface area contributed by atoms with Gasteiger partial charge in [-0.3, -0.25) is 9.69 Å². The fourth-order valence-corrected chi connectivity index (χ4v) is 3.47. The number of nitrogens with one attached hydrogen (secondary N) is 2. The predicted octanol–water partition coefficient (Wildman–Crippen LogP) is 0.843. The minimum Gasteiger partial charge on any atom is -0.354 e. The Morgan fingerprint density at radius 3 is 2.73 bits per heavy atom. The van der Waals surface area contributed by atoms with Gasteiger partial charge in [-0.05, 0) is 12.1 Å². The van der Waals surface area contributed by atoms with Gasteiger partial charge in [-0.15, -0.1) is 10.2 Å². The Labute approximate surface area is 174 Å². The van der Waals surface area contributed by atoms with E-state index in [1.54, 1.807) is 12.4 Å². The van der Waals surface area contributed by atoms with Crippen molar-refractivity contribution in [3.05, 3.63) is 30.1 Å². The zero-order valence-electron chi connectivity index (χ0n) is 18.3. The third-order valence-electron chi connectivity index (χ3n) is 4.17. The number of carbonyl (C=O) groups is 2. The van der Waals surface area contributed by atoms with E-state index in [4.69, 9.17) is 4.11 Å². The molecule has 1 saturated heterocycles. The second kappa shape index (κ2) is 8.14. The number of urea groups is 1. The van der Waals surface area contributed by atoms with Crippen LogP contribution >= 0.6 is 0 Å². The lowest BCUT2D eigenvalue weighted by atomic mass is 10.2. The predicted molar refractivity (Wildman–Crippen MR) is 102 cm³/mol. The highest BCUT2D eigenvalue weighted by Crippen LogP contribution is 2.29. The zero-order valence-corrected chi connectivity index (χ0v) is 16.2. The van der Waals surface area contributed by atoms with Crippen LogP contribution in [0.1, 0.15) is 14.6 Å². The van der Waals surface area contributed by atoms with E-state index >= 15 is 0 Å². The molecule has 1 aliphatic heterocycles. The molecular formula is C16H17F2N7O4S. The molecular weight excluding hydrogens is 424 g/mol. The standard InChI is InChI=1S/C16H17F2N7O4S/c1-19-14(26)12-9(8-11(22-23-12)25-7-6-24(2)16(25)27)21-13-10(4-3-5-20-13)30(28,29)15(17)18/h3-5,8,15H,6-7H2,1-2H3,(H,19,26)(H,20,21,22)/i1D3. The summed E-state index contributed by atoms with van der Waals surface area (Å²) in [4.78, 5) is 30.2. The molecule has 11 nitrogen and oxygen atoms in total. The third kappa shape index (κ3) is 3.85.